The van der Waals surface area contributed by atoms with E-state index >= 15 is 0 Å². The van der Waals surface area contributed by atoms with Gasteiger partial charge in [0.15, 0.2) is 6.10 Å². The van der Waals surface area contributed by atoms with Gasteiger partial charge in [-0.2, -0.15) is 0 Å². The van der Waals surface area contributed by atoms with Crippen molar-refractivity contribution in [3.63, 3.8) is 0 Å². The molecule has 0 saturated carbocycles. The smallest absolute Gasteiger partial charge is 0.340 e. The van der Waals surface area contributed by atoms with E-state index in [2.05, 4.69) is 0 Å². The lowest BCUT2D eigenvalue weighted by atomic mass is 10.1. The lowest BCUT2D eigenvalue weighted by Gasteiger charge is -2.21. The summed E-state index contributed by atoms with van der Waals surface area (Å²) in [6, 6.07) is 6.42. The fourth-order valence-corrected chi connectivity index (χ4v) is 1.26. The molecule has 0 bridgehead atoms. The Morgan fingerprint density at radius 1 is 1.31 bits per heavy atom. The van der Waals surface area contributed by atoms with Gasteiger partial charge >= 0.3 is 5.97 Å². The molecule has 1 unspecified atom stereocenters. The van der Waals surface area contributed by atoms with Gasteiger partial charge in [0.2, 0.25) is 0 Å². The van der Waals surface area contributed by atoms with Crippen LogP contribution in [0.2, 0.25) is 5.02 Å². The van der Waals surface area contributed by atoms with Gasteiger partial charge < -0.3 is 9.84 Å². The van der Waals surface area contributed by atoms with Crippen LogP contribution in [0, 0.1) is 0 Å². The third-order valence-corrected chi connectivity index (χ3v) is 2.07. The van der Waals surface area contributed by atoms with Crippen LogP contribution in [0.15, 0.2) is 24.3 Å². The summed E-state index contributed by atoms with van der Waals surface area (Å²) in [7, 11) is 0. The molecule has 0 radical (unpaired) electrons. The highest BCUT2D eigenvalue weighted by Gasteiger charge is 2.24. The topological polar surface area (TPSA) is 46.5 Å². The molecule has 3 nitrogen and oxygen atoms in total. The second kappa shape index (κ2) is 4.85. The second-order valence-corrected chi connectivity index (χ2v) is 4.92. The van der Waals surface area contributed by atoms with Gasteiger partial charge in [0.05, 0.1) is 0 Å². The number of esters is 1. The highest BCUT2D eigenvalue weighted by molar-refractivity contribution is 6.30. The van der Waals surface area contributed by atoms with Crippen molar-refractivity contribution in [3.8, 4) is 0 Å². The monoisotopic (exact) mass is 242 g/mol. The van der Waals surface area contributed by atoms with Crippen molar-refractivity contribution in [1.29, 1.82) is 0 Å². The minimum atomic E-state index is -1.27. The van der Waals surface area contributed by atoms with Crippen LogP contribution in [0.25, 0.3) is 0 Å². The Kier molecular flexibility index (Phi) is 3.94. The number of hydrogen-bond donors (Lipinski definition) is 1. The van der Waals surface area contributed by atoms with Crippen LogP contribution in [-0.2, 0) is 9.53 Å². The van der Waals surface area contributed by atoms with Crippen LogP contribution in [0.3, 0.4) is 0 Å². The molecule has 1 N–H and O–H groups in total. The SMILES string of the molecule is CC(C)(C)OC(=O)C(O)c1ccc(Cl)cc1. The first-order valence-corrected chi connectivity index (χ1v) is 5.34. The summed E-state index contributed by atoms with van der Waals surface area (Å²) in [5.41, 5.74) is -0.136. The van der Waals surface area contributed by atoms with Crippen molar-refractivity contribution < 1.29 is 14.6 Å². The average molecular weight is 243 g/mol. The first-order valence-electron chi connectivity index (χ1n) is 4.96. The molecular formula is C12H15ClO3. The standard InChI is InChI=1S/C12H15ClO3/c1-12(2,3)16-11(15)10(14)8-4-6-9(13)7-5-8/h4-7,10,14H,1-3H3. The normalized spacial score (nSPS) is 13.3. The predicted octanol–water partition coefficient (Wildman–Crippen LogP) is 2.72. The summed E-state index contributed by atoms with van der Waals surface area (Å²) < 4.78 is 5.06. The van der Waals surface area contributed by atoms with Crippen LogP contribution in [0.1, 0.15) is 32.4 Å². The fraction of sp³-hybridized carbons (Fsp3) is 0.417. The number of hydrogen-bond acceptors (Lipinski definition) is 3. The van der Waals surface area contributed by atoms with E-state index in [1.807, 2.05) is 0 Å². The van der Waals surface area contributed by atoms with Crippen LogP contribution < -0.4 is 0 Å². The zero-order valence-electron chi connectivity index (χ0n) is 9.53. The third kappa shape index (κ3) is 3.83. The Labute approximate surface area is 100.0 Å². The quantitative estimate of drug-likeness (QED) is 0.812. The number of ether oxygens (including phenoxy) is 1. The summed E-state index contributed by atoms with van der Waals surface area (Å²) in [5.74, 6) is -0.658. The van der Waals surface area contributed by atoms with Crippen LogP contribution >= 0.6 is 11.6 Å². The molecule has 0 aliphatic rings. The van der Waals surface area contributed by atoms with Crippen molar-refractivity contribution in [2.24, 2.45) is 0 Å². The third-order valence-electron chi connectivity index (χ3n) is 1.82. The van der Waals surface area contributed by atoms with E-state index in [-0.39, 0.29) is 0 Å². The van der Waals surface area contributed by atoms with E-state index in [0.29, 0.717) is 10.6 Å². The average Bonchev–Trinajstić information content (AvgIpc) is 2.15. The number of carbonyl (C=O) groups is 1. The Morgan fingerprint density at radius 2 is 1.81 bits per heavy atom. The number of aliphatic hydroxyl groups excluding tert-OH is 1. The maximum Gasteiger partial charge on any atom is 0.340 e. The molecular weight excluding hydrogens is 228 g/mol. The van der Waals surface area contributed by atoms with Crippen LogP contribution in [-0.4, -0.2) is 16.7 Å². The van der Waals surface area contributed by atoms with E-state index < -0.39 is 17.7 Å². The van der Waals surface area contributed by atoms with Gasteiger partial charge in [-0.1, -0.05) is 23.7 Å². The van der Waals surface area contributed by atoms with Gasteiger partial charge in [-0.15, -0.1) is 0 Å². The molecule has 1 aromatic rings. The molecule has 0 aromatic heterocycles. The van der Waals surface area contributed by atoms with Crippen molar-refractivity contribution in [2.45, 2.75) is 32.5 Å². The van der Waals surface area contributed by atoms with Crippen molar-refractivity contribution in [2.75, 3.05) is 0 Å². The van der Waals surface area contributed by atoms with Gasteiger partial charge in [0.1, 0.15) is 5.60 Å². The minimum absolute atomic E-state index is 0.471. The van der Waals surface area contributed by atoms with Gasteiger partial charge in [-0.05, 0) is 38.5 Å². The number of aliphatic hydroxyl groups is 1. The Morgan fingerprint density at radius 3 is 2.25 bits per heavy atom. The molecule has 1 aromatic carbocycles. The Bertz CT molecular complexity index is 365. The van der Waals surface area contributed by atoms with Crippen molar-refractivity contribution in [1.82, 2.24) is 0 Å². The van der Waals surface area contributed by atoms with E-state index in [4.69, 9.17) is 16.3 Å². The van der Waals surface area contributed by atoms with Crippen molar-refractivity contribution in [3.05, 3.63) is 34.9 Å². The molecule has 88 valence electrons. The van der Waals surface area contributed by atoms with E-state index in [1.165, 1.54) is 0 Å². The summed E-state index contributed by atoms with van der Waals surface area (Å²) in [6.45, 7) is 5.25. The number of rotatable bonds is 2. The maximum absolute atomic E-state index is 11.5. The molecule has 1 atom stereocenters. The maximum atomic E-state index is 11.5. The number of halogens is 1. The first-order chi connectivity index (χ1) is 7.29. The van der Waals surface area contributed by atoms with Crippen LogP contribution in [0.4, 0.5) is 0 Å². The molecule has 16 heavy (non-hydrogen) atoms. The lowest BCUT2D eigenvalue weighted by Crippen LogP contribution is -2.27. The summed E-state index contributed by atoms with van der Waals surface area (Å²) in [4.78, 5) is 11.5. The van der Waals surface area contributed by atoms with Gasteiger partial charge in [-0.3, -0.25) is 0 Å². The lowest BCUT2D eigenvalue weighted by molar-refractivity contribution is -0.165. The van der Waals surface area contributed by atoms with Gasteiger partial charge in [-0.25, -0.2) is 4.79 Å². The molecule has 0 fully saturated rings. The zero-order valence-corrected chi connectivity index (χ0v) is 10.3. The van der Waals surface area contributed by atoms with E-state index in [1.54, 1.807) is 45.0 Å². The molecule has 0 amide bonds. The Hall–Kier alpha value is -1.06. The van der Waals surface area contributed by atoms with Crippen LogP contribution in [0.5, 0.6) is 0 Å². The number of carbonyl (C=O) groups excluding carboxylic acids is 1. The van der Waals surface area contributed by atoms with Gasteiger partial charge in [0, 0.05) is 5.02 Å². The summed E-state index contributed by atoms with van der Waals surface area (Å²) in [5, 5.41) is 10.3. The molecule has 0 spiro atoms. The molecule has 4 heteroatoms. The van der Waals surface area contributed by atoms with E-state index in [9.17, 15) is 9.90 Å². The van der Waals surface area contributed by atoms with E-state index in [0.717, 1.165) is 0 Å². The predicted molar refractivity (Wildman–Crippen MR) is 62.3 cm³/mol. The molecule has 0 aliphatic carbocycles. The largest absolute Gasteiger partial charge is 0.458 e. The minimum Gasteiger partial charge on any atom is -0.458 e. The summed E-state index contributed by atoms with van der Waals surface area (Å²) >= 11 is 5.70. The summed E-state index contributed by atoms with van der Waals surface area (Å²) in [6.07, 6.45) is -1.27. The number of benzene rings is 1. The first kappa shape index (κ1) is 13.0. The highest BCUT2D eigenvalue weighted by Crippen LogP contribution is 2.20. The molecule has 0 heterocycles. The second-order valence-electron chi connectivity index (χ2n) is 4.49. The zero-order chi connectivity index (χ0) is 12.3. The van der Waals surface area contributed by atoms with Crippen molar-refractivity contribution >= 4 is 17.6 Å². The fourth-order valence-electron chi connectivity index (χ4n) is 1.14. The highest BCUT2D eigenvalue weighted by atomic mass is 35.5. The molecule has 0 aliphatic heterocycles. The molecule has 1 rings (SSSR count). The van der Waals surface area contributed by atoms with Gasteiger partial charge in [0.25, 0.3) is 0 Å². The Balaban J connectivity index is 2.74. The molecule has 0 saturated heterocycles.